The highest BCUT2D eigenvalue weighted by atomic mass is 16.1. The Balaban J connectivity index is 1.38. The molecular formula is C22H21N7O. The number of benzene rings is 2. The van der Waals surface area contributed by atoms with Crippen molar-refractivity contribution in [2.24, 2.45) is 0 Å². The average Bonchev–Trinajstić information content (AvgIpc) is 3.45. The summed E-state index contributed by atoms with van der Waals surface area (Å²) in [4.78, 5) is 15.4. The third-order valence-electron chi connectivity index (χ3n) is 4.85. The van der Waals surface area contributed by atoms with E-state index in [1.807, 2.05) is 62.5 Å². The molecule has 0 bridgehead atoms. The van der Waals surface area contributed by atoms with Gasteiger partial charge in [0.05, 0.1) is 35.5 Å². The molecule has 0 saturated carbocycles. The van der Waals surface area contributed by atoms with Crippen LogP contribution in [0, 0.1) is 0 Å². The summed E-state index contributed by atoms with van der Waals surface area (Å²) in [6, 6.07) is 13.9. The van der Waals surface area contributed by atoms with Crippen LogP contribution in [-0.2, 0) is 0 Å². The van der Waals surface area contributed by atoms with Gasteiger partial charge in [0.15, 0.2) is 0 Å². The van der Waals surface area contributed by atoms with Gasteiger partial charge < -0.3 is 15.6 Å². The molecule has 0 aliphatic carbocycles. The van der Waals surface area contributed by atoms with E-state index >= 15 is 0 Å². The Morgan fingerprint density at radius 2 is 1.90 bits per heavy atom. The summed E-state index contributed by atoms with van der Waals surface area (Å²) in [6.07, 6.45) is 5.50. The summed E-state index contributed by atoms with van der Waals surface area (Å²) in [6.45, 7) is 3.88. The number of fused-ring (bicyclic) bond motifs is 2. The summed E-state index contributed by atoms with van der Waals surface area (Å²) < 4.78 is 1.80. The molecule has 0 atom stereocenters. The van der Waals surface area contributed by atoms with E-state index in [-0.39, 0.29) is 11.9 Å². The van der Waals surface area contributed by atoms with Crippen molar-refractivity contribution in [2.75, 3.05) is 5.32 Å². The first-order valence-electron chi connectivity index (χ1n) is 9.74. The smallest absolute Gasteiger partial charge is 0.267 e. The molecule has 4 N–H and O–H groups in total. The Labute approximate surface area is 172 Å². The maximum atomic E-state index is 12.2. The highest BCUT2D eigenvalue weighted by molar-refractivity contribution is 5.98. The lowest BCUT2D eigenvalue weighted by atomic mass is 10.2. The lowest BCUT2D eigenvalue weighted by molar-refractivity contribution is 0.0939. The van der Waals surface area contributed by atoms with E-state index in [1.54, 1.807) is 17.1 Å². The van der Waals surface area contributed by atoms with E-state index < -0.39 is 0 Å². The molecule has 0 aliphatic heterocycles. The second-order valence-electron chi connectivity index (χ2n) is 7.55. The van der Waals surface area contributed by atoms with E-state index in [4.69, 9.17) is 0 Å². The second-order valence-corrected chi connectivity index (χ2v) is 7.55. The summed E-state index contributed by atoms with van der Waals surface area (Å²) in [5.74, 6) is -0.108. The van der Waals surface area contributed by atoms with Crippen molar-refractivity contribution in [3.05, 3.63) is 66.7 Å². The summed E-state index contributed by atoms with van der Waals surface area (Å²) in [5.41, 5.74) is 5.17. The quantitative estimate of drug-likeness (QED) is 0.357. The van der Waals surface area contributed by atoms with Gasteiger partial charge in [-0.2, -0.15) is 10.2 Å². The van der Waals surface area contributed by atoms with Gasteiger partial charge in [0.25, 0.3) is 5.91 Å². The fourth-order valence-electron chi connectivity index (χ4n) is 3.44. The van der Waals surface area contributed by atoms with Gasteiger partial charge in [-0.15, -0.1) is 0 Å². The van der Waals surface area contributed by atoms with Crippen LogP contribution in [0.1, 0.15) is 24.3 Å². The number of hydrogen-bond acceptors (Lipinski definition) is 4. The summed E-state index contributed by atoms with van der Waals surface area (Å²) in [5, 5.41) is 19.7. The van der Waals surface area contributed by atoms with Crippen molar-refractivity contribution >= 4 is 39.1 Å². The molecule has 8 heteroatoms. The first-order chi connectivity index (χ1) is 14.5. The number of nitrogens with zero attached hydrogens (tertiary/aromatic N) is 3. The molecular weight excluding hydrogens is 378 g/mol. The number of H-pyrrole nitrogens is 2. The van der Waals surface area contributed by atoms with Gasteiger partial charge in [-0.1, -0.05) is 6.07 Å². The molecule has 3 aromatic heterocycles. The molecule has 150 valence electrons. The number of aromatic amines is 2. The van der Waals surface area contributed by atoms with Crippen LogP contribution in [0.15, 0.2) is 61.1 Å². The van der Waals surface area contributed by atoms with Gasteiger partial charge >= 0.3 is 0 Å². The molecule has 0 fully saturated rings. The lowest BCUT2D eigenvalue weighted by Gasteiger charge is -2.05. The van der Waals surface area contributed by atoms with Crippen molar-refractivity contribution in [3.63, 3.8) is 0 Å². The minimum absolute atomic E-state index is 0.0867. The highest BCUT2D eigenvalue weighted by Gasteiger charge is 2.11. The Kier molecular flexibility index (Phi) is 4.24. The first-order valence-corrected chi connectivity index (χ1v) is 9.74. The van der Waals surface area contributed by atoms with E-state index in [9.17, 15) is 4.79 Å². The van der Waals surface area contributed by atoms with Crippen LogP contribution in [0.5, 0.6) is 0 Å². The van der Waals surface area contributed by atoms with Crippen molar-refractivity contribution in [2.45, 2.75) is 19.9 Å². The third kappa shape index (κ3) is 3.39. The third-order valence-corrected chi connectivity index (χ3v) is 4.85. The van der Waals surface area contributed by atoms with E-state index in [2.05, 4.69) is 30.9 Å². The van der Waals surface area contributed by atoms with Gasteiger partial charge in [-0.3, -0.25) is 9.89 Å². The maximum absolute atomic E-state index is 12.2. The van der Waals surface area contributed by atoms with Crippen LogP contribution in [0.25, 0.3) is 27.5 Å². The highest BCUT2D eigenvalue weighted by Crippen LogP contribution is 2.23. The van der Waals surface area contributed by atoms with E-state index in [1.165, 1.54) is 0 Å². The minimum atomic E-state index is -0.108. The predicted molar refractivity (Wildman–Crippen MR) is 117 cm³/mol. The molecule has 5 rings (SSSR count). The molecule has 0 radical (unpaired) electrons. The molecule has 0 spiro atoms. The average molecular weight is 399 g/mol. The van der Waals surface area contributed by atoms with Crippen LogP contribution < -0.4 is 10.6 Å². The number of anilines is 2. The molecule has 3 heterocycles. The Bertz CT molecular complexity index is 1360. The zero-order valence-electron chi connectivity index (χ0n) is 16.6. The summed E-state index contributed by atoms with van der Waals surface area (Å²) in [7, 11) is 0. The monoisotopic (exact) mass is 399 g/mol. The van der Waals surface area contributed by atoms with Crippen LogP contribution in [0.3, 0.4) is 0 Å². The van der Waals surface area contributed by atoms with Gasteiger partial charge in [0.1, 0.15) is 5.69 Å². The number of amides is 1. The molecule has 5 aromatic rings. The van der Waals surface area contributed by atoms with Crippen LogP contribution in [-0.4, -0.2) is 36.9 Å². The number of carbonyl (C=O) groups excluding carboxylic acids is 1. The zero-order valence-corrected chi connectivity index (χ0v) is 16.6. The van der Waals surface area contributed by atoms with Gasteiger partial charge in [0, 0.05) is 28.0 Å². The fourth-order valence-corrected chi connectivity index (χ4v) is 3.44. The van der Waals surface area contributed by atoms with Crippen molar-refractivity contribution in [1.82, 2.24) is 30.3 Å². The predicted octanol–water partition coefficient (Wildman–Crippen LogP) is 4.11. The van der Waals surface area contributed by atoms with Gasteiger partial charge in [0.2, 0.25) is 0 Å². The SMILES string of the molecule is CC(C)NC(=O)c1cc2ccc(-n3cc(Nc4ccc5[nH]ncc5c4)cn3)cc2[nH]1. The van der Waals surface area contributed by atoms with E-state index in [0.29, 0.717) is 5.69 Å². The van der Waals surface area contributed by atoms with Crippen LogP contribution in [0.2, 0.25) is 0 Å². The molecule has 30 heavy (non-hydrogen) atoms. The first kappa shape index (κ1) is 18.0. The van der Waals surface area contributed by atoms with Crippen molar-refractivity contribution < 1.29 is 4.79 Å². The number of nitrogens with one attached hydrogen (secondary N) is 4. The van der Waals surface area contributed by atoms with Gasteiger partial charge in [-0.25, -0.2) is 4.68 Å². The molecule has 1 amide bonds. The molecule has 0 aliphatic rings. The van der Waals surface area contributed by atoms with Crippen LogP contribution in [0.4, 0.5) is 11.4 Å². The number of hydrogen-bond donors (Lipinski definition) is 4. The van der Waals surface area contributed by atoms with Gasteiger partial charge in [-0.05, 0) is 50.2 Å². The van der Waals surface area contributed by atoms with Crippen LogP contribution >= 0.6 is 0 Å². The molecule has 2 aromatic carbocycles. The standard InChI is InChI=1S/C22H21N7O/c1-13(2)25-22(30)21-8-14-3-5-18(9-20(14)27-21)29-12-17(11-24-29)26-16-4-6-19-15(7-16)10-23-28-19/h3-13,26-27H,1-2H3,(H,23,28)(H,25,30). The molecule has 0 saturated heterocycles. The normalized spacial score (nSPS) is 11.4. The number of aromatic nitrogens is 5. The molecule has 8 nitrogen and oxygen atoms in total. The van der Waals surface area contributed by atoms with Crippen molar-refractivity contribution in [3.8, 4) is 5.69 Å². The number of carbonyl (C=O) groups is 1. The molecule has 0 unspecified atom stereocenters. The minimum Gasteiger partial charge on any atom is -0.353 e. The number of rotatable bonds is 5. The Morgan fingerprint density at radius 1 is 1.00 bits per heavy atom. The zero-order chi connectivity index (χ0) is 20.7. The Morgan fingerprint density at radius 3 is 2.77 bits per heavy atom. The largest absolute Gasteiger partial charge is 0.353 e. The second kappa shape index (κ2) is 7.07. The lowest BCUT2D eigenvalue weighted by Crippen LogP contribution is -2.30. The van der Waals surface area contributed by atoms with Crippen molar-refractivity contribution in [1.29, 1.82) is 0 Å². The fraction of sp³-hybridized carbons (Fsp3) is 0.136. The van der Waals surface area contributed by atoms with E-state index in [0.717, 1.165) is 38.9 Å². The summed E-state index contributed by atoms with van der Waals surface area (Å²) >= 11 is 0. The topological polar surface area (TPSA) is 103 Å². The maximum Gasteiger partial charge on any atom is 0.267 e. The Hall–Kier alpha value is -4.07.